The number of ether oxygens (including phenoxy) is 3. The molecule has 0 amide bonds. The Morgan fingerprint density at radius 1 is 1.08 bits per heavy atom. The Hall–Kier alpha value is -3.99. The first-order valence-electron chi connectivity index (χ1n) is 11.6. The van der Waals surface area contributed by atoms with Gasteiger partial charge in [0.05, 0.1) is 23.7 Å². The van der Waals surface area contributed by atoms with E-state index in [9.17, 15) is 9.65 Å². The van der Waals surface area contributed by atoms with Crippen LogP contribution in [-0.2, 0) is 35.8 Å². The summed E-state index contributed by atoms with van der Waals surface area (Å²) in [6.07, 6.45) is 0. The molecule has 0 fully saturated rings. The number of benzene rings is 3. The van der Waals surface area contributed by atoms with Crippen LogP contribution in [0.2, 0.25) is 0 Å². The second kappa shape index (κ2) is 9.94. The maximum atomic E-state index is 14.0. The van der Waals surface area contributed by atoms with Gasteiger partial charge in [0.2, 0.25) is 0 Å². The molecule has 0 saturated carbocycles. The number of allylic oxidation sites excluding steroid dienone is 1. The van der Waals surface area contributed by atoms with E-state index in [-0.39, 0.29) is 12.4 Å². The fraction of sp³-hybridized carbons (Fsp3) is 0.241. The number of para-hydroxylation sites is 1. The summed E-state index contributed by atoms with van der Waals surface area (Å²) in [5.41, 5.74) is 7.87. The molecular weight excluding hydrogens is 457 g/mol. The number of hydrogen-bond acceptors (Lipinski definition) is 5. The van der Waals surface area contributed by atoms with Crippen molar-refractivity contribution in [1.29, 1.82) is 5.26 Å². The van der Waals surface area contributed by atoms with Gasteiger partial charge in [-0.3, -0.25) is 0 Å². The van der Waals surface area contributed by atoms with Gasteiger partial charge in [0.1, 0.15) is 30.6 Å². The molecule has 7 heteroatoms. The molecule has 0 saturated heterocycles. The predicted molar refractivity (Wildman–Crippen MR) is 135 cm³/mol. The molecule has 0 N–H and O–H groups in total. The number of halogens is 1. The van der Waals surface area contributed by atoms with Gasteiger partial charge in [-0.25, -0.2) is 9.37 Å². The molecule has 6 nitrogen and oxygen atoms in total. The minimum Gasteiger partial charge on any atom is -0.488 e. The van der Waals surface area contributed by atoms with Crippen molar-refractivity contribution >= 4 is 16.6 Å². The van der Waals surface area contributed by atoms with Gasteiger partial charge in [-0.15, -0.1) is 0 Å². The van der Waals surface area contributed by atoms with Crippen LogP contribution in [0.3, 0.4) is 0 Å². The number of nitrogens with zero attached hydrogens (tertiary/aromatic N) is 3. The predicted octanol–water partition coefficient (Wildman–Crippen LogP) is 5.75. The van der Waals surface area contributed by atoms with Crippen molar-refractivity contribution in [3.8, 4) is 11.8 Å². The largest absolute Gasteiger partial charge is 0.488 e. The summed E-state index contributed by atoms with van der Waals surface area (Å²) in [5, 5.41) is 9.70. The molecule has 4 aromatic rings. The first-order chi connectivity index (χ1) is 17.5. The highest BCUT2D eigenvalue weighted by atomic mass is 19.1. The lowest BCUT2D eigenvalue weighted by Crippen LogP contribution is -2.07. The third-order valence-corrected chi connectivity index (χ3v) is 6.43. The highest BCUT2D eigenvalue weighted by molar-refractivity contribution is 5.88. The Bertz CT molecular complexity index is 1530. The number of fused-ring (bicyclic) bond motifs is 3. The molecule has 1 aliphatic heterocycles. The van der Waals surface area contributed by atoms with E-state index in [0.29, 0.717) is 31.1 Å². The monoisotopic (exact) mass is 483 g/mol. The van der Waals surface area contributed by atoms with E-state index in [4.69, 9.17) is 19.2 Å². The molecule has 0 atom stereocenters. The third-order valence-electron chi connectivity index (χ3n) is 6.43. The number of nitriles is 1. The Balaban J connectivity index is 1.59. The van der Waals surface area contributed by atoms with Crippen LogP contribution in [0.5, 0.6) is 5.75 Å². The van der Waals surface area contributed by atoms with Crippen LogP contribution in [0.4, 0.5) is 4.39 Å². The second-order valence-electron chi connectivity index (χ2n) is 8.80. The van der Waals surface area contributed by atoms with Crippen molar-refractivity contribution in [3.63, 3.8) is 0 Å². The quantitative estimate of drug-likeness (QED) is 0.327. The summed E-state index contributed by atoms with van der Waals surface area (Å²) in [6.45, 7) is 3.49. The van der Waals surface area contributed by atoms with E-state index in [0.717, 1.165) is 50.2 Å². The fourth-order valence-corrected chi connectivity index (χ4v) is 4.81. The third kappa shape index (κ3) is 4.26. The summed E-state index contributed by atoms with van der Waals surface area (Å²) in [4.78, 5) is 4.86. The van der Waals surface area contributed by atoms with Crippen molar-refractivity contribution in [2.24, 2.45) is 0 Å². The first-order valence-corrected chi connectivity index (χ1v) is 11.6. The maximum absolute atomic E-state index is 14.0. The summed E-state index contributed by atoms with van der Waals surface area (Å²) < 4.78 is 32.9. The number of rotatable bonds is 6. The molecule has 2 heterocycles. The molecule has 0 spiro atoms. The van der Waals surface area contributed by atoms with Gasteiger partial charge in [0.15, 0.2) is 0 Å². The van der Waals surface area contributed by atoms with Crippen LogP contribution >= 0.6 is 0 Å². The minimum absolute atomic E-state index is 0.273. The normalized spacial score (nSPS) is 14.0. The molecule has 182 valence electrons. The van der Waals surface area contributed by atoms with E-state index in [1.54, 1.807) is 27.2 Å². The van der Waals surface area contributed by atoms with Crippen LogP contribution < -0.4 is 4.74 Å². The van der Waals surface area contributed by atoms with Gasteiger partial charge < -0.3 is 18.8 Å². The van der Waals surface area contributed by atoms with E-state index in [1.165, 1.54) is 12.1 Å². The molecular formula is C29H26FN3O3. The highest BCUT2D eigenvalue weighted by Gasteiger charge is 2.23. The Morgan fingerprint density at radius 3 is 2.67 bits per heavy atom. The van der Waals surface area contributed by atoms with E-state index >= 15 is 0 Å². The minimum atomic E-state index is -0.375. The number of hydrogen-bond donors (Lipinski definition) is 0. The van der Waals surface area contributed by atoms with Gasteiger partial charge >= 0.3 is 0 Å². The average molecular weight is 484 g/mol. The Labute approximate surface area is 209 Å². The van der Waals surface area contributed by atoms with Crippen LogP contribution in [0.1, 0.15) is 40.6 Å². The molecule has 0 unspecified atom stereocenters. The van der Waals surface area contributed by atoms with Crippen LogP contribution in [0, 0.1) is 17.1 Å². The van der Waals surface area contributed by atoms with Crippen LogP contribution in [-0.4, -0.2) is 23.8 Å². The van der Waals surface area contributed by atoms with E-state index in [2.05, 4.69) is 28.8 Å². The van der Waals surface area contributed by atoms with Gasteiger partial charge in [-0.2, -0.15) is 5.26 Å². The smallest absolute Gasteiger partial charge is 0.136 e. The SMILES string of the molecule is COCc1cccc2c1nc(COC)n2Cc1ccc2c(c1)COc1cc(F)ccc1/C2=C(\C)C#N. The van der Waals surface area contributed by atoms with Gasteiger partial charge in [-0.05, 0) is 47.9 Å². The summed E-state index contributed by atoms with van der Waals surface area (Å²) in [5.74, 6) is 0.886. The summed E-state index contributed by atoms with van der Waals surface area (Å²) >= 11 is 0. The summed E-state index contributed by atoms with van der Waals surface area (Å²) in [7, 11) is 3.33. The molecule has 0 radical (unpaired) electrons. The molecule has 0 aliphatic carbocycles. The standard InChI is InChI=1S/C29H26FN3O3/c1-18(13-31)28-23-9-7-19(11-21(23)16-36-26-12-22(30)8-10-24(26)28)14-33-25-6-4-5-20(15-34-2)29(25)32-27(33)17-35-3/h4-12H,14-17H2,1-3H3/b28-18+. The van der Waals surface area contributed by atoms with Gasteiger partial charge in [0, 0.05) is 49.1 Å². The second-order valence-corrected chi connectivity index (χ2v) is 8.80. The first kappa shape index (κ1) is 23.7. The van der Waals surface area contributed by atoms with Crippen LogP contribution in [0.25, 0.3) is 16.6 Å². The van der Waals surface area contributed by atoms with Gasteiger partial charge in [0.25, 0.3) is 0 Å². The Kier molecular flexibility index (Phi) is 6.55. The Morgan fingerprint density at radius 2 is 1.89 bits per heavy atom. The number of imidazole rings is 1. The van der Waals surface area contributed by atoms with Crippen molar-refractivity contribution in [3.05, 3.63) is 99.6 Å². The lowest BCUT2D eigenvalue weighted by molar-refractivity contribution is 0.175. The number of aromatic nitrogens is 2. The fourth-order valence-electron chi connectivity index (χ4n) is 4.81. The molecule has 0 bridgehead atoms. The molecule has 5 rings (SSSR count). The zero-order valence-electron chi connectivity index (χ0n) is 20.5. The number of methoxy groups -OCH3 is 2. The van der Waals surface area contributed by atoms with Gasteiger partial charge in [-0.1, -0.05) is 24.3 Å². The lowest BCUT2D eigenvalue weighted by Gasteiger charge is -2.14. The zero-order valence-corrected chi connectivity index (χ0v) is 20.5. The van der Waals surface area contributed by atoms with Crippen molar-refractivity contribution in [2.45, 2.75) is 33.3 Å². The maximum Gasteiger partial charge on any atom is 0.136 e. The zero-order chi connectivity index (χ0) is 25.2. The average Bonchev–Trinajstić information content (AvgIpc) is 3.13. The van der Waals surface area contributed by atoms with Crippen LogP contribution in [0.15, 0.2) is 60.2 Å². The van der Waals surface area contributed by atoms with Crippen molar-refractivity contribution in [2.75, 3.05) is 14.2 Å². The summed E-state index contributed by atoms with van der Waals surface area (Å²) in [6, 6.07) is 18.9. The topological polar surface area (TPSA) is 69.3 Å². The molecule has 36 heavy (non-hydrogen) atoms. The lowest BCUT2D eigenvalue weighted by atomic mass is 9.90. The van der Waals surface area contributed by atoms with E-state index in [1.807, 2.05) is 18.2 Å². The van der Waals surface area contributed by atoms with E-state index < -0.39 is 0 Å². The molecule has 1 aliphatic rings. The molecule has 3 aromatic carbocycles. The van der Waals surface area contributed by atoms with Crippen molar-refractivity contribution in [1.82, 2.24) is 9.55 Å². The molecule has 1 aromatic heterocycles. The highest BCUT2D eigenvalue weighted by Crippen LogP contribution is 2.39. The van der Waals surface area contributed by atoms with Crippen molar-refractivity contribution < 1.29 is 18.6 Å².